The Balaban J connectivity index is 1.48. The second-order valence-electron chi connectivity index (χ2n) is 8.29. The number of nitrogens with one attached hydrogen (secondary N) is 1. The number of halogens is 2. The maximum Gasteiger partial charge on any atom is 0.247 e. The number of ether oxygens (including phenoxy) is 2. The van der Waals surface area contributed by atoms with Crippen molar-refractivity contribution in [1.82, 2.24) is 15.6 Å². The zero-order valence-corrected chi connectivity index (χ0v) is 21.3. The second-order valence-corrected chi connectivity index (χ2v) is 10.2. The number of carbonyl (C=O) groups excluding carboxylic acids is 1. The van der Waals surface area contributed by atoms with Crippen LogP contribution in [0.2, 0.25) is 10.0 Å². The van der Waals surface area contributed by atoms with Gasteiger partial charge in [-0.25, -0.2) is 5.43 Å². The molecule has 0 fully saturated rings. The largest absolute Gasteiger partial charge is 0.490 e. The van der Waals surface area contributed by atoms with Crippen LogP contribution in [0.3, 0.4) is 0 Å². The lowest BCUT2D eigenvalue weighted by Crippen LogP contribution is -2.19. The lowest BCUT2D eigenvalue weighted by atomic mass is 9.87. The van der Waals surface area contributed by atoms with Crippen LogP contribution in [0.4, 0.5) is 5.13 Å². The van der Waals surface area contributed by atoms with Gasteiger partial charge in [-0.15, -0.1) is 10.2 Å². The molecule has 8 nitrogen and oxygen atoms in total. The van der Waals surface area contributed by atoms with Crippen LogP contribution in [0.1, 0.15) is 36.9 Å². The molecule has 34 heavy (non-hydrogen) atoms. The Bertz CT molecular complexity index is 1140. The molecule has 1 aromatic heterocycles. The van der Waals surface area contributed by atoms with E-state index in [-0.39, 0.29) is 24.3 Å². The van der Waals surface area contributed by atoms with Crippen LogP contribution < -0.4 is 20.6 Å². The van der Waals surface area contributed by atoms with Crippen molar-refractivity contribution >= 4 is 51.8 Å². The molecule has 0 spiro atoms. The van der Waals surface area contributed by atoms with Gasteiger partial charge in [0.05, 0.1) is 22.7 Å². The smallest absolute Gasteiger partial charge is 0.247 e. The summed E-state index contributed by atoms with van der Waals surface area (Å²) in [7, 11) is 0. The molecule has 0 bridgehead atoms. The Kier molecular flexibility index (Phi) is 8.71. The van der Waals surface area contributed by atoms with Crippen molar-refractivity contribution in [2.45, 2.75) is 32.6 Å². The van der Waals surface area contributed by atoms with E-state index in [1.54, 1.807) is 12.1 Å². The Morgan fingerprint density at radius 3 is 2.35 bits per heavy atom. The van der Waals surface area contributed by atoms with Gasteiger partial charge in [0, 0.05) is 0 Å². The van der Waals surface area contributed by atoms with Crippen molar-refractivity contribution in [3.05, 3.63) is 62.6 Å². The zero-order valence-electron chi connectivity index (χ0n) is 19.0. The quantitative estimate of drug-likeness (QED) is 0.236. The van der Waals surface area contributed by atoms with Crippen molar-refractivity contribution in [2.24, 2.45) is 5.10 Å². The summed E-state index contributed by atoms with van der Waals surface area (Å²) in [5.41, 5.74) is 9.82. The van der Waals surface area contributed by atoms with E-state index in [9.17, 15) is 4.79 Å². The molecule has 180 valence electrons. The summed E-state index contributed by atoms with van der Waals surface area (Å²) in [5.74, 6) is 0.764. The molecule has 3 N–H and O–H groups in total. The van der Waals surface area contributed by atoms with Gasteiger partial charge < -0.3 is 15.2 Å². The van der Waals surface area contributed by atoms with Gasteiger partial charge in [0.2, 0.25) is 11.0 Å². The first-order valence-electron chi connectivity index (χ1n) is 10.4. The third-order valence-electron chi connectivity index (χ3n) is 4.54. The maximum atomic E-state index is 11.9. The average molecular weight is 522 g/mol. The monoisotopic (exact) mass is 521 g/mol. The molecule has 0 saturated heterocycles. The van der Waals surface area contributed by atoms with Gasteiger partial charge in [0.15, 0.2) is 5.75 Å². The molecule has 0 aliphatic heterocycles. The van der Waals surface area contributed by atoms with Crippen molar-refractivity contribution in [3.8, 4) is 11.5 Å². The number of hydrazone groups is 1. The Morgan fingerprint density at radius 1 is 1.12 bits per heavy atom. The molecule has 1 amide bonds. The molecule has 0 saturated carbocycles. The summed E-state index contributed by atoms with van der Waals surface area (Å²) in [5, 5.41) is 12.8. The Labute approximate surface area is 212 Å². The minimum absolute atomic E-state index is 0.0311. The predicted molar refractivity (Wildman–Crippen MR) is 136 cm³/mol. The van der Waals surface area contributed by atoms with E-state index in [4.69, 9.17) is 38.4 Å². The normalized spacial score (nSPS) is 11.6. The highest BCUT2D eigenvalue weighted by atomic mass is 35.5. The van der Waals surface area contributed by atoms with Gasteiger partial charge in [-0.3, -0.25) is 4.79 Å². The number of nitrogen functional groups attached to an aromatic ring is 1. The molecule has 3 aromatic rings. The third-order valence-corrected chi connectivity index (χ3v) is 5.85. The summed E-state index contributed by atoms with van der Waals surface area (Å²) >= 11 is 13.8. The predicted octanol–water partition coefficient (Wildman–Crippen LogP) is 4.88. The van der Waals surface area contributed by atoms with E-state index >= 15 is 0 Å². The number of nitrogens with zero attached hydrogens (tertiary/aromatic N) is 3. The van der Waals surface area contributed by atoms with E-state index in [1.807, 2.05) is 12.1 Å². The number of hydrogen-bond acceptors (Lipinski definition) is 8. The maximum absolute atomic E-state index is 11.9. The SMILES string of the molecule is CC(C)(C)c1ccc(OCCOc2c(Cl)cc(C=NNC(=O)Cc3nnc(N)s3)cc2Cl)cc1. The lowest BCUT2D eigenvalue weighted by molar-refractivity contribution is -0.120. The fourth-order valence-corrected chi connectivity index (χ4v) is 4.06. The minimum atomic E-state index is -0.349. The molecular weight excluding hydrogens is 497 g/mol. The number of hydrogen-bond donors (Lipinski definition) is 2. The molecule has 0 aliphatic rings. The number of amides is 1. The number of aromatic nitrogens is 2. The van der Waals surface area contributed by atoms with Crippen LogP contribution in [0, 0.1) is 0 Å². The van der Waals surface area contributed by atoms with E-state index < -0.39 is 0 Å². The van der Waals surface area contributed by atoms with Crippen LogP contribution in [0.25, 0.3) is 0 Å². The molecule has 1 heterocycles. The topological polar surface area (TPSA) is 112 Å². The van der Waals surface area contributed by atoms with Gasteiger partial charge in [-0.05, 0) is 40.8 Å². The fraction of sp³-hybridized carbons (Fsp3) is 0.304. The molecule has 11 heteroatoms. The van der Waals surface area contributed by atoms with Crippen LogP contribution in [-0.4, -0.2) is 35.5 Å². The van der Waals surface area contributed by atoms with Crippen LogP contribution in [-0.2, 0) is 16.6 Å². The van der Waals surface area contributed by atoms with E-state index in [0.29, 0.717) is 38.1 Å². The molecule has 3 rings (SSSR count). The molecule has 0 radical (unpaired) electrons. The van der Waals surface area contributed by atoms with E-state index in [0.717, 1.165) is 17.1 Å². The Hall–Kier alpha value is -2.88. The molecule has 2 aromatic carbocycles. The molecule has 0 aliphatic carbocycles. The minimum Gasteiger partial charge on any atom is -0.490 e. The summed E-state index contributed by atoms with van der Waals surface area (Å²) in [6, 6.07) is 11.3. The van der Waals surface area contributed by atoms with Crippen LogP contribution >= 0.6 is 34.5 Å². The van der Waals surface area contributed by atoms with Gasteiger partial charge in [-0.2, -0.15) is 5.10 Å². The van der Waals surface area contributed by atoms with Gasteiger partial charge in [0.1, 0.15) is 24.0 Å². The van der Waals surface area contributed by atoms with Crippen molar-refractivity contribution in [1.29, 1.82) is 0 Å². The van der Waals surface area contributed by atoms with Gasteiger partial charge in [-0.1, -0.05) is 67.4 Å². The average Bonchev–Trinajstić information content (AvgIpc) is 3.16. The zero-order chi connectivity index (χ0) is 24.7. The number of nitrogens with two attached hydrogens (primary N) is 1. The second kappa shape index (κ2) is 11.5. The number of anilines is 1. The highest BCUT2D eigenvalue weighted by molar-refractivity contribution is 7.15. The highest BCUT2D eigenvalue weighted by Gasteiger charge is 2.13. The van der Waals surface area contributed by atoms with E-state index in [1.165, 1.54) is 11.8 Å². The molecule has 0 atom stereocenters. The first kappa shape index (κ1) is 25.7. The summed E-state index contributed by atoms with van der Waals surface area (Å²) < 4.78 is 11.4. The van der Waals surface area contributed by atoms with Crippen molar-refractivity contribution < 1.29 is 14.3 Å². The molecule has 0 unspecified atom stereocenters. The highest BCUT2D eigenvalue weighted by Crippen LogP contribution is 2.34. The standard InChI is InChI=1S/C23H25Cl2N5O3S/c1-23(2,3)15-4-6-16(7-5-15)32-8-9-33-21-17(24)10-14(11-18(21)25)13-27-28-19(31)12-20-29-30-22(26)34-20/h4-7,10-11,13H,8-9,12H2,1-3H3,(H2,26,30)(H,28,31). The van der Waals surface area contributed by atoms with Crippen molar-refractivity contribution in [3.63, 3.8) is 0 Å². The van der Waals surface area contributed by atoms with E-state index in [2.05, 4.69) is 53.6 Å². The van der Waals surface area contributed by atoms with Crippen LogP contribution in [0.15, 0.2) is 41.5 Å². The molecular formula is C23H25Cl2N5O3S. The van der Waals surface area contributed by atoms with Crippen LogP contribution in [0.5, 0.6) is 11.5 Å². The van der Waals surface area contributed by atoms with Gasteiger partial charge in [0.25, 0.3) is 0 Å². The summed E-state index contributed by atoms with van der Waals surface area (Å²) in [6.45, 7) is 7.08. The third kappa shape index (κ3) is 7.58. The number of carbonyl (C=O) groups is 1. The first-order valence-corrected chi connectivity index (χ1v) is 11.9. The first-order chi connectivity index (χ1) is 16.1. The lowest BCUT2D eigenvalue weighted by Gasteiger charge is -2.19. The summed E-state index contributed by atoms with van der Waals surface area (Å²) in [4.78, 5) is 11.9. The van der Waals surface area contributed by atoms with Crippen molar-refractivity contribution in [2.75, 3.05) is 18.9 Å². The number of rotatable bonds is 9. The van der Waals surface area contributed by atoms with Gasteiger partial charge >= 0.3 is 0 Å². The Morgan fingerprint density at radius 2 is 1.76 bits per heavy atom. The number of benzene rings is 2. The fourth-order valence-electron chi connectivity index (χ4n) is 2.84. The summed E-state index contributed by atoms with van der Waals surface area (Å²) in [6.07, 6.45) is 1.46.